The van der Waals surface area contributed by atoms with Crippen LogP contribution in [-0.4, -0.2) is 29.3 Å². The normalized spacial score (nSPS) is 22.1. The lowest BCUT2D eigenvalue weighted by atomic mass is 10.2. The van der Waals surface area contributed by atoms with Crippen molar-refractivity contribution in [1.29, 1.82) is 0 Å². The fourth-order valence-corrected chi connectivity index (χ4v) is 1.64. The van der Waals surface area contributed by atoms with Gasteiger partial charge in [-0.3, -0.25) is 0 Å². The Labute approximate surface area is 77.9 Å². The van der Waals surface area contributed by atoms with Crippen LogP contribution in [0.2, 0.25) is 0 Å². The average Bonchev–Trinajstić information content (AvgIpc) is 2.71. The van der Waals surface area contributed by atoms with Gasteiger partial charge < -0.3 is 14.6 Å². The quantitative estimate of drug-likeness (QED) is 0.763. The van der Waals surface area contributed by atoms with Crippen LogP contribution in [0.5, 0.6) is 0 Å². The van der Waals surface area contributed by atoms with Gasteiger partial charge >= 0.3 is 0 Å². The van der Waals surface area contributed by atoms with Crippen LogP contribution in [0, 0.1) is 0 Å². The van der Waals surface area contributed by atoms with Gasteiger partial charge in [0.25, 0.3) is 0 Å². The van der Waals surface area contributed by atoms with Crippen molar-refractivity contribution in [3.63, 3.8) is 0 Å². The topological polar surface area (TPSA) is 39.1 Å². The van der Waals surface area contributed by atoms with E-state index in [9.17, 15) is 0 Å². The first-order valence-corrected chi connectivity index (χ1v) is 4.76. The number of aromatic nitrogens is 2. The minimum atomic E-state index is 0.469. The maximum atomic E-state index is 5.34. The van der Waals surface area contributed by atoms with E-state index in [0.717, 1.165) is 32.1 Å². The lowest BCUT2D eigenvalue weighted by molar-refractivity contribution is 0.187. The Kier molecular flexibility index (Phi) is 2.49. The monoisotopic (exact) mass is 181 g/mol. The summed E-state index contributed by atoms with van der Waals surface area (Å²) in [5, 5.41) is 3.23. The molecule has 2 heterocycles. The van der Waals surface area contributed by atoms with Crippen molar-refractivity contribution in [2.45, 2.75) is 19.4 Å². The second-order valence-corrected chi connectivity index (χ2v) is 3.21. The van der Waals surface area contributed by atoms with E-state index in [0.29, 0.717) is 6.04 Å². The zero-order valence-corrected chi connectivity index (χ0v) is 7.86. The predicted molar refractivity (Wildman–Crippen MR) is 50.9 cm³/mol. The largest absolute Gasteiger partial charge is 0.379 e. The van der Waals surface area contributed by atoms with E-state index in [1.54, 1.807) is 0 Å². The van der Waals surface area contributed by atoms with Gasteiger partial charge in [-0.1, -0.05) is 0 Å². The van der Waals surface area contributed by atoms with Gasteiger partial charge in [-0.2, -0.15) is 0 Å². The zero-order valence-electron chi connectivity index (χ0n) is 7.86. The summed E-state index contributed by atoms with van der Waals surface area (Å²) >= 11 is 0. The highest BCUT2D eigenvalue weighted by atomic mass is 16.5. The standard InChI is InChI=1S/C9H15N3O/c1-2-10-9-11-4-5-12(9)8-3-6-13-7-8/h4-5,8H,2-3,6-7H2,1H3,(H,10,11). The maximum absolute atomic E-state index is 5.34. The van der Waals surface area contributed by atoms with Crippen LogP contribution < -0.4 is 5.32 Å². The fourth-order valence-electron chi connectivity index (χ4n) is 1.64. The van der Waals surface area contributed by atoms with Crippen LogP contribution in [0.15, 0.2) is 12.4 Å². The highest BCUT2D eigenvalue weighted by Crippen LogP contribution is 2.22. The first-order valence-electron chi connectivity index (χ1n) is 4.76. The summed E-state index contributed by atoms with van der Waals surface area (Å²) < 4.78 is 7.50. The summed E-state index contributed by atoms with van der Waals surface area (Å²) in [5.74, 6) is 0.956. The first-order chi connectivity index (χ1) is 6.42. The van der Waals surface area contributed by atoms with Crippen LogP contribution >= 0.6 is 0 Å². The Morgan fingerprint density at radius 2 is 2.69 bits per heavy atom. The van der Waals surface area contributed by atoms with Crippen molar-refractivity contribution in [2.75, 3.05) is 25.1 Å². The molecule has 1 aliphatic rings. The minimum Gasteiger partial charge on any atom is -0.379 e. The molecule has 1 aromatic heterocycles. The Morgan fingerprint density at radius 1 is 1.77 bits per heavy atom. The van der Waals surface area contributed by atoms with E-state index in [2.05, 4.69) is 21.8 Å². The molecule has 1 saturated heterocycles. The Hall–Kier alpha value is -1.03. The molecular weight excluding hydrogens is 166 g/mol. The number of anilines is 1. The van der Waals surface area contributed by atoms with Gasteiger partial charge in [0.1, 0.15) is 0 Å². The van der Waals surface area contributed by atoms with Crippen molar-refractivity contribution >= 4 is 5.95 Å². The number of ether oxygens (including phenoxy) is 1. The van der Waals surface area contributed by atoms with Gasteiger partial charge in [0.2, 0.25) is 5.95 Å². The molecule has 1 aliphatic heterocycles. The summed E-state index contributed by atoms with van der Waals surface area (Å²) in [6, 6.07) is 0.469. The molecule has 4 heteroatoms. The highest BCUT2D eigenvalue weighted by Gasteiger charge is 2.19. The molecule has 1 unspecified atom stereocenters. The van der Waals surface area contributed by atoms with Crippen LogP contribution in [0.3, 0.4) is 0 Å². The zero-order chi connectivity index (χ0) is 9.10. The lowest BCUT2D eigenvalue weighted by Gasteiger charge is -2.13. The molecule has 0 spiro atoms. The molecule has 4 nitrogen and oxygen atoms in total. The molecule has 0 aromatic carbocycles. The van der Waals surface area contributed by atoms with Gasteiger partial charge in [0.15, 0.2) is 0 Å². The van der Waals surface area contributed by atoms with Gasteiger partial charge in [-0.25, -0.2) is 4.98 Å². The Bertz CT molecular complexity index is 266. The number of nitrogens with one attached hydrogen (secondary N) is 1. The third-order valence-electron chi connectivity index (χ3n) is 2.30. The van der Waals surface area contributed by atoms with Crippen molar-refractivity contribution in [2.24, 2.45) is 0 Å². The molecule has 13 heavy (non-hydrogen) atoms. The molecule has 2 rings (SSSR count). The third kappa shape index (κ3) is 1.67. The molecule has 1 fully saturated rings. The SMILES string of the molecule is CCNc1nccn1C1CCOC1. The average molecular weight is 181 g/mol. The predicted octanol–water partition coefficient (Wildman–Crippen LogP) is 1.28. The van der Waals surface area contributed by atoms with Gasteiger partial charge in [0, 0.05) is 25.5 Å². The number of hydrogen-bond acceptors (Lipinski definition) is 3. The second kappa shape index (κ2) is 3.79. The van der Waals surface area contributed by atoms with E-state index < -0.39 is 0 Å². The molecular formula is C9H15N3O. The van der Waals surface area contributed by atoms with Crippen LogP contribution in [-0.2, 0) is 4.74 Å². The van der Waals surface area contributed by atoms with Gasteiger partial charge in [-0.05, 0) is 13.3 Å². The highest BCUT2D eigenvalue weighted by molar-refractivity contribution is 5.26. The fraction of sp³-hybridized carbons (Fsp3) is 0.667. The first kappa shape index (κ1) is 8.56. The number of hydrogen-bond donors (Lipinski definition) is 1. The third-order valence-corrected chi connectivity index (χ3v) is 2.30. The van der Waals surface area contributed by atoms with Crippen LogP contribution in [0.4, 0.5) is 5.95 Å². The molecule has 1 N–H and O–H groups in total. The maximum Gasteiger partial charge on any atom is 0.203 e. The lowest BCUT2D eigenvalue weighted by Crippen LogP contribution is -2.12. The van der Waals surface area contributed by atoms with E-state index >= 15 is 0 Å². The molecule has 0 radical (unpaired) electrons. The van der Waals surface area contributed by atoms with E-state index in [1.165, 1.54) is 0 Å². The van der Waals surface area contributed by atoms with Crippen LogP contribution in [0.25, 0.3) is 0 Å². The Balaban J connectivity index is 2.13. The summed E-state index contributed by atoms with van der Waals surface area (Å²) in [5.41, 5.74) is 0. The second-order valence-electron chi connectivity index (χ2n) is 3.21. The molecule has 1 atom stereocenters. The van der Waals surface area contributed by atoms with Gasteiger partial charge in [0.05, 0.1) is 12.6 Å². The molecule has 0 amide bonds. The van der Waals surface area contributed by atoms with Crippen molar-refractivity contribution < 1.29 is 4.74 Å². The summed E-state index contributed by atoms with van der Waals surface area (Å²) in [6.07, 6.45) is 4.93. The molecule has 0 bridgehead atoms. The van der Waals surface area contributed by atoms with Crippen molar-refractivity contribution in [1.82, 2.24) is 9.55 Å². The number of nitrogens with zero attached hydrogens (tertiary/aromatic N) is 2. The number of rotatable bonds is 3. The number of imidazole rings is 1. The summed E-state index contributed by atoms with van der Waals surface area (Å²) in [7, 11) is 0. The summed E-state index contributed by atoms with van der Waals surface area (Å²) in [4.78, 5) is 4.25. The minimum absolute atomic E-state index is 0.469. The van der Waals surface area contributed by atoms with Crippen molar-refractivity contribution in [3.8, 4) is 0 Å². The molecule has 1 aromatic rings. The van der Waals surface area contributed by atoms with E-state index in [-0.39, 0.29) is 0 Å². The van der Waals surface area contributed by atoms with Gasteiger partial charge in [-0.15, -0.1) is 0 Å². The van der Waals surface area contributed by atoms with Crippen molar-refractivity contribution in [3.05, 3.63) is 12.4 Å². The van der Waals surface area contributed by atoms with E-state index in [1.807, 2.05) is 12.4 Å². The molecule has 0 saturated carbocycles. The molecule has 72 valence electrons. The smallest absolute Gasteiger partial charge is 0.203 e. The van der Waals surface area contributed by atoms with Crippen LogP contribution in [0.1, 0.15) is 19.4 Å². The molecule has 0 aliphatic carbocycles. The summed E-state index contributed by atoms with van der Waals surface area (Å²) in [6.45, 7) is 4.66. The van der Waals surface area contributed by atoms with E-state index in [4.69, 9.17) is 4.74 Å². The Morgan fingerprint density at radius 3 is 3.38 bits per heavy atom.